The number of aromatic amines is 1. The smallest absolute Gasteiger partial charge is 0.358 e. The summed E-state index contributed by atoms with van der Waals surface area (Å²) in [6.07, 6.45) is 1.45. The molecule has 2 heterocycles. The number of nitrogens with zero attached hydrogens (tertiary/aromatic N) is 4. The summed E-state index contributed by atoms with van der Waals surface area (Å²) in [5, 5.41) is 24.1. The van der Waals surface area contributed by atoms with E-state index in [9.17, 15) is 14.5 Å². The molecule has 8 nitrogen and oxygen atoms in total. The molecular weight excluding hydrogens is 349 g/mol. The highest BCUT2D eigenvalue weighted by Gasteiger charge is 2.27. The summed E-state index contributed by atoms with van der Waals surface area (Å²) < 4.78 is 18.0. The Morgan fingerprint density at radius 1 is 1.38 bits per heavy atom. The molecule has 3 rings (SSSR count). The van der Waals surface area contributed by atoms with E-state index in [0.29, 0.717) is 11.1 Å². The summed E-state index contributed by atoms with van der Waals surface area (Å²) in [5.74, 6) is -0.945. The number of aromatic nitrogens is 4. The molecule has 0 fully saturated rings. The lowest BCUT2D eigenvalue weighted by atomic mass is 10.1. The third-order valence-corrected chi connectivity index (χ3v) is 3.36. The maximum atomic E-state index is 13.3. The van der Waals surface area contributed by atoms with Crippen LogP contribution in [0.15, 0.2) is 33.5 Å². The van der Waals surface area contributed by atoms with Crippen molar-refractivity contribution in [1.82, 2.24) is 20.5 Å². The standard InChI is InChI=1S/C11H5BrFN5O3/c12-7-3-5(1-2-8(7)13)6-4-14-15-9(6)10-11(18(19)20)17-21-16-10/h1-4H,(H,14,15). The first kappa shape index (κ1) is 13.4. The number of hydrogen-bond donors (Lipinski definition) is 1. The van der Waals surface area contributed by atoms with Crippen LogP contribution in [0.2, 0.25) is 0 Å². The normalized spacial score (nSPS) is 10.8. The van der Waals surface area contributed by atoms with E-state index in [1.54, 1.807) is 0 Å². The second kappa shape index (κ2) is 5.05. The van der Waals surface area contributed by atoms with Crippen molar-refractivity contribution in [1.29, 1.82) is 0 Å². The number of nitrogens with one attached hydrogen (secondary N) is 1. The zero-order valence-corrected chi connectivity index (χ0v) is 11.7. The summed E-state index contributed by atoms with van der Waals surface area (Å²) in [4.78, 5) is 10.2. The van der Waals surface area contributed by atoms with Crippen molar-refractivity contribution in [2.75, 3.05) is 0 Å². The number of benzene rings is 1. The van der Waals surface area contributed by atoms with Crippen molar-refractivity contribution in [3.63, 3.8) is 0 Å². The van der Waals surface area contributed by atoms with Crippen LogP contribution in [0.3, 0.4) is 0 Å². The molecular formula is C11H5BrFN5O3. The highest BCUT2D eigenvalue weighted by Crippen LogP contribution is 2.34. The Hall–Kier alpha value is -2.62. The highest BCUT2D eigenvalue weighted by molar-refractivity contribution is 9.10. The van der Waals surface area contributed by atoms with Crippen LogP contribution in [0.25, 0.3) is 22.5 Å². The van der Waals surface area contributed by atoms with E-state index in [-0.39, 0.29) is 15.9 Å². The summed E-state index contributed by atoms with van der Waals surface area (Å²) in [5.41, 5.74) is 1.30. The van der Waals surface area contributed by atoms with Gasteiger partial charge in [0.2, 0.25) is 5.69 Å². The van der Waals surface area contributed by atoms with Crippen LogP contribution in [-0.2, 0) is 0 Å². The van der Waals surface area contributed by atoms with Gasteiger partial charge in [-0.15, -0.1) is 4.63 Å². The fourth-order valence-corrected chi connectivity index (χ4v) is 2.19. The van der Waals surface area contributed by atoms with Crippen molar-refractivity contribution in [2.45, 2.75) is 0 Å². The molecule has 106 valence electrons. The number of hydrogen-bond acceptors (Lipinski definition) is 6. The molecule has 0 saturated carbocycles. The van der Waals surface area contributed by atoms with E-state index >= 15 is 0 Å². The molecule has 2 aromatic heterocycles. The van der Waals surface area contributed by atoms with E-state index in [1.807, 2.05) is 0 Å². The Bertz CT molecular complexity index is 831. The van der Waals surface area contributed by atoms with E-state index in [4.69, 9.17) is 0 Å². The van der Waals surface area contributed by atoms with Gasteiger partial charge in [0.15, 0.2) is 5.16 Å². The summed E-state index contributed by atoms with van der Waals surface area (Å²) >= 11 is 3.08. The summed E-state index contributed by atoms with van der Waals surface area (Å²) in [6, 6.07) is 4.32. The minimum atomic E-state index is -0.711. The molecule has 0 unspecified atom stereocenters. The summed E-state index contributed by atoms with van der Waals surface area (Å²) in [7, 11) is 0. The minimum absolute atomic E-state index is 0.0760. The topological polar surface area (TPSA) is 111 Å². The molecule has 0 aliphatic rings. The van der Waals surface area contributed by atoms with Gasteiger partial charge < -0.3 is 10.1 Å². The number of halogens is 2. The fraction of sp³-hybridized carbons (Fsp3) is 0. The third kappa shape index (κ3) is 2.29. The molecule has 0 bridgehead atoms. The quantitative estimate of drug-likeness (QED) is 0.572. The molecule has 0 saturated heterocycles. The van der Waals surface area contributed by atoms with Crippen molar-refractivity contribution < 1.29 is 13.9 Å². The average molecular weight is 354 g/mol. The monoisotopic (exact) mass is 353 g/mol. The largest absolute Gasteiger partial charge is 0.444 e. The van der Waals surface area contributed by atoms with Crippen LogP contribution in [0, 0.1) is 15.9 Å². The number of H-pyrrole nitrogens is 1. The second-order valence-electron chi connectivity index (χ2n) is 3.98. The minimum Gasteiger partial charge on any atom is -0.358 e. The van der Waals surface area contributed by atoms with Gasteiger partial charge in [-0.05, 0) is 43.7 Å². The molecule has 0 spiro atoms. The van der Waals surface area contributed by atoms with Gasteiger partial charge in [-0.25, -0.2) is 4.39 Å². The first-order valence-electron chi connectivity index (χ1n) is 5.54. The van der Waals surface area contributed by atoms with Crippen LogP contribution < -0.4 is 0 Å². The van der Waals surface area contributed by atoms with Gasteiger partial charge in [0.05, 0.1) is 10.7 Å². The lowest BCUT2D eigenvalue weighted by molar-refractivity contribution is -0.390. The molecule has 1 aromatic carbocycles. The Morgan fingerprint density at radius 2 is 2.19 bits per heavy atom. The van der Waals surface area contributed by atoms with Crippen molar-refractivity contribution in [3.8, 4) is 22.5 Å². The lowest BCUT2D eigenvalue weighted by Crippen LogP contribution is -1.92. The van der Waals surface area contributed by atoms with Crippen molar-refractivity contribution >= 4 is 21.7 Å². The molecule has 0 atom stereocenters. The molecule has 21 heavy (non-hydrogen) atoms. The van der Waals surface area contributed by atoms with Gasteiger partial charge in [0.25, 0.3) is 0 Å². The Kier molecular flexibility index (Phi) is 3.22. The Labute approximate surface area is 124 Å². The van der Waals surface area contributed by atoms with Gasteiger partial charge in [0, 0.05) is 5.56 Å². The van der Waals surface area contributed by atoms with E-state index < -0.39 is 16.6 Å². The molecule has 3 aromatic rings. The number of nitro groups is 1. The molecule has 10 heteroatoms. The number of rotatable bonds is 3. The SMILES string of the molecule is O=[N+]([O-])c1nonc1-c1[nH]ncc1-c1ccc(F)c(Br)c1. The van der Waals surface area contributed by atoms with E-state index in [0.717, 1.165) is 0 Å². The fourth-order valence-electron chi connectivity index (χ4n) is 1.81. The zero-order valence-electron chi connectivity index (χ0n) is 10.1. The van der Waals surface area contributed by atoms with E-state index in [2.05, 4.69) is 41.1 Å². The van der Waals surface area contributed by atoms with Gasteiger partial charge in [-0.2, -0.15) is 5.10 Å². The van der Waals surface area contributed by atoms with Crippen LogP contribution in [0.4, 0.5) is 10.2 Å². The molecule has 0 amide bonds. The molecule has 1 N–H and O–H groups in total. The Morgan fingerprint density at radius 3 is 2.90 bits per heavy atom. The first-order valence-corrected chi connectivity index (χ1v) is 6.33. The highest BCUT2D eigenvalue weighted by atomic mass is 79.9. The predicted molar refractivity (Wildman–Crippen MR) is 71.6 cm³/mol. The van der Waals surface area contributed by atoms with Crippen LogP contribution in [0.1, 0.15) is 0 Å². The van der Waals surface area contributed by atoms with E-state index in [1.165, 1.54) is 24.4 Å². The van der Waals surface area contributed by atoms with Crippen LogP contribution >= 0.6 is 15.9 Å². The first-order chi connectivity index (χ1) is 10.1. The second-order valence-corrected chi connectivity index (χ2v) is 4.84. The Balaban J connectivity index is 2.15. The van der Waals surface area contributed by atoms with Crippen LogP contribution in [-0.4, -0.2) is 25.4 Å². The average Bonchev–Trinajstić information content (AvgIpc) is 3.08. The molecule has 0 aliphatic heterocycles. The third-order valence-electron chi connectivity index (χ3n) is 2.75. The maximum absolute atomic E-state index is 13.3. The van der Waals surface area contributed by atoms with Gasteiger partial charge >= 0.3 is 5.82 Å². The molecule has 0 aliphatic carbocycles. The van der Waals surface area contributed by atoms with Crippen LogP contribution in [0.5, 0.6) is 0 Å². The summed E-state index contributed by atoms with van der Waals surface area (Å²) in [6.45, 7) is 0. The predicted octanol–water partition coefficient (Wildman–Crippen LogP) is 2.94. The molecule has 0 radical (unpaired) electrons. The zero-order chi connectivity index (χ0) is 15.0. The van der Waals surface area contributed by atoms with Crippen molar-refractivity contribution in [3.05, 3.63) is 44.8 Å². The van der Waals surface area contributed by atoms with Crippen molar-refractivity contribution in [2.24, 2.45) is 0 Å². The van der Waals surface area contributed by atoms with Gasteiger partial charge in [-0.3, -0.25) is 5.10 Å². The lowest BCUT2D eigenvalue weighted by Gasteiger charge is -2.02. The van der Waals surface area contributed by atoms with Gasteiger partial charge in [0.1, 0.15) is 11.5 Å². The van der Waals surface area contributed by atoms with Gasteiger partial charge in [-0.1, -0.05) is 6.07 Å². The maximum Gasteiger partial charge on any atom is 0.444 e.